The molecule has 0 radical (unpaired) electrons. The Bertz CT molecular complexity index is 1010. The Balaban J connectivity index is 1.39. The Morgan fingerprint density at radius 2 is 1.48 bits per heavy atom. The van der Waals surface area contributed by atoms with Crippen molar-refractivity contribution in [2.45, 2.75) is 25.3 Å². The van der Waals surface area contributed by atoms with Crippen LogP contribution >= 0.6 is 11.6 Å². The summed E-state index contributed by atoms with van der Waals surface area (Å²) in [6.45, 7) is 2.93. The molecule has 2 aliphatic rings. The minimum Gasteiger partial charge on any atom is -0.284 e. The molecule has 146 valence electrons. The summed E-state index contributed by atoms with van der Waals surface area (Å²) in [6.07, 6.45) is 2.28. The monoisotopic (exact) mass is 401 g/mol. The molecular weight excluding hydrogens is 378 g/mol. The van der Waals surface area contributed by atoms with Gasteiger partial charge in [0.15, 0.2) is 5.84 Å². The topological polar surface area (TPSA) is 18.8 Å². The summed E-state index contributed by atoms with van der Waals surface area (Å²) in [6, 6.07) is 27.4. The first-order chi connectivity index (χ1) is 14.3. The smallest absolute Gasteiger partial charge is 0.151 e. The van der Waals surface area contributed by atoms with Crippen molar-refractivity contribution in [3.05, 3.63) is 101 Å². The van der Waals surface area contributed by atoms with E-state index in [4.69, 9.17) is 16.6 Å². The number of fused-ring (bicyclic) bond motifs is 1. The van der Waals surface area contributed by atoms with Crippen molar-refractivity contribution in [3.63, 3.8) is 0 Å². The Morgan fingerprint density at radius 1 is 0.793 bits per heavy atom. The molecule has 0 aliphatic carbocycles. The number of rotatable bonds is 3. The van der Waals surface area contributed by atoms with Crippen LogP contribution in [0.1, 0.15) is 35.4 Å². The van der Waals surface area contributed by atoms with E-state index in [1.807, 2.05) is 12.1 Å². The number of piperidine rings is 1. The van der Waals surface area contributed by atoms with Crippen LogP contribution in [-0.4, -0.2) is 28.9 Å². The number of halogens is 1. The summed E-state index contributed by atoms with van der Waals surface area (Å²) in [5, 5.41) is 5.67. The minimum atomic E-state index is 0.595. The lowest BCUT2D eigenvalue weighted by atomic mass is 9.90. The third kappa shape index (κ3) is 3.81. The lowest BCUT2D eigenvalue weighted by molar-refractivity contribution is 0.0126. The zero-order chi connectivity index (χ0) is 19.6. The van der Waals surface area contributed by atoms with Gasteiger partial charge in [0, 0.05) is 23.7 Å². The van der Waals surface area contributed by atoms with Crippen molar-refractivity contribution in [2.75, 3.05) is 13.1 Å². The first-order valence-corrected chi connectivity index (χ1v) is 10.7. The fraction of sp³-hybridized carbons (Fsp3) is 0.240. The number of amidine groups is 1. The van der Waals surface area contributed by atoms with Crippen LogP contribution in [0, 0.1) is 0 Å². The van der Waals surface area contributed by atoms with Gasteiger partial charge in [0.05, 0.1) is 12.2 Å². The second-order valence-corrected chi connectivity index (χ2v) is 8.20. The quantitative estimate of drug-likeness (QED) is 0.533. The van der Waals surface area contributed by atoms with Crippen LogP contribution in [0.3, 0.4) is 0 Å². The molecule has 5 rings (SSSR count). The summed E-state index contributed by atoms with van der Waals surface area (Å²) in [7, 11) is 0. The Morgan fingerprint density at radius 3 is 2.24 bits per heavy atom. The van der Waals surface area contributed by atoms with E-state index in [9.17, 15) is 0 Å². The normalized spacial score (nSPS) is 17.7. The maximum Gasteiger partial charge on any atom is 0.151 e. The van der Waals surface area contributed by atoms with Crippen LogP contribution in [0.15, 0.2) is 83.9 Å². The van der Waals surface area contributed by atoms with E-state index in [1.54, 1.807) is 0 Å². The van der Waals surface area contributed by atoms with E-state index < -0.39 is 0 Å². The summed E-state index contributed by atoms with van der Waals surface area (Å²) < 4.78 is 0. The molecule has 0 N–H and O–H groups in total. The van der Waals surface area contributed by atoms with Gasteiger partial charge in [-0.05, 0) is 48.1 Å². The zero-order valence-electron chi connectivity index (χ0n) is 16.3. The maximum atomic E-state index is 6.06. The number of hydrazine groups is 1. The van der Waals surface area contributed by atoms with Crippen LogP contribution < -0.4 is 0 Å². The molecule has 1 saturated heterocycles. The van der Waals surface area contributed by atoms with E-state index in [0.717, 1.165) is 49.0 Å². The van der Waals surface area contributed by atoms with Gasteiger partial charge >= 0.3 is 0 Å². The highest BCUT2D eigenvalue weighted by Crippen LogP contribution is 2.33. The fourth-order valence-corrected chi connectivity index (χ4v) is 4.50. The zero-order valence-corrected chi connectivity index (χ0v) is 17.1. The van der Waals surface area contributed by atoms with Gasteiger partial charge in [-0.1, -0.05) is 72.3 Å². The molecule has 2 aliphatic heterocycles. The molecule has 29 heavy (non-hydrogen) atoms. The lowest BCUT2D eigenvalue weighted by Crippen LogP contribution is -2.50. The van der Waals surface area contributed by atoms with Crippen molar-refractivity contribution in [3.8, 4) is 0 Å². The highest BCUT2D eigenvalue weighted by atomic mass is 35.5. The van der Waals surface area contributed by atoms with Gasteiger partial charge in [-0.2, -0.15) is 0 Å². The van der Waals surface area contributed by atoms with Crippen LogP contribution in [0.5, 0.6) is 0 Å². The van der Waals surface area contributed by atoms with Gasteiger partial charge in [-0.15, -0.1) is 0 Å². The predicted molar refractivity (Wildman–Crippen MR) is 120 cm³/mol. The Labute approximate surface area is 177 Å². The fourth-order valence-electron chi connectivity index (χ4n) is 4.37. The standard InChI is InChI=1S/C25H24ClN3/c26-23-12-10-19(11-13-23)20-14-16-28(17-15-20)29-18-22-8-4-5-9-24(22)27-25(29)21-6-2-1-3-7-21/h1-13,20H,14-18H2. The van der Waals surface area contributed by atoms with Crippen molar-refractivity contribution in [2.24, 2.45) is 4.99 Å². The number of nitrogens with zero attached hydrogens (tertiary/aromatic N) is 3. The average Bonchev–Trinajstić information content (AvgIpc) is 2.79. The van der Waals surface area contributed by atoms with Crippen LogP contribution in [0.25, 0.3) is 0 Å². The van der Waals surface area contributed by atoms with E-state index in [1.165, 1.54) is 16.7 Å². The van der Waals surface area contributed by atoms with Gasteiger partial charge in [0.25, 0.3) is 0 Å². The highest BCUT2D eigenvalue weighted by molar-refractivity contribution is 6.30. The number of benzene rings is 3. The molecule has 0 bridgehead atoms. The van der Waals surface area contributed by atoms with Crippen molar-refractivity contribution < 1.29 is 0 Å². The first-order valence-electron chi connectivity index (χ1n) is 10.3. The van der Waals surface area contributed by atoms with Crippen molar-refractivity contribution >= 4 is 23.1 Å². The molecule has 0 saturated carbocycles. The maximum absolute atomic E-state index is 6.06. The van der Waals surface area contributed by atoms with E-state index in [2.05, 4.69) is 76.7 Å². The van der Waals surface area contributed by atoms with Crippen LogP contribution in [0.2, 0.25) is 5.02 Å². The van der Waals surface area contributed by atoms with E-state index in [-0.39, 0.29) is 0 Å². The Kier molecular flexibility index (Phi) is 5.09. The third-order valence-corrected chi connectivity index (χ3v) is 6.22. The average molecular weight is 402 g/mol. The molecule has 0 unspecified atom stereocenters. The van der Waals surface area contributed by atoms with E-state index >= 15 is 0 Å². The number of hydrogen-bond acceptors (Lipinski definition) is 3. The Hall–Kier alpha value is -2.62. The molecule has 0 atom stereocenters. The lowest BCUT2D eigenvalue weighted by Gasteiger charge is -2.43. The highest BCUT2D eigenvalue weighted by Gasteiger charge is 2.29. The summed E-state index contributed by atoms with van der Waals surface area (Å²) in [5.41, 5.74) is 4.93. The van der Waals surface area contributed by atoms with Crippen molar-refractivity contribution in [1.82, 2.24) is 10.0 Å². The molecular formula is C25H24ClN3. The molecule has 0 amide bonds. The first kappa shape index (κ1) is 18.4. The van der Waals surface area contributed by atoms with Crippen LogP contribution in [0.4, 0.5) is 5.69 Å². The molecule has 0 aromatic heterocycles. The molecule has 2 heterocycles. The largest absolute Gasteiger partial charge is 0.284 e. The molecule has 3 nitrogen and oxygen atoms in total. The van der Waals surface area contributed by atoms with E-state index in [0.29, 0.717) is 5.92 Å². The molecule has 3 aromatic rings. The molecule has 3 aromatic carbocycles. The predicted octanol–water partition coefficient (Wildman–Crippen LogP) is 6.03. The number of hydrogen-bond donors (Lipinski definition) is 0. The SMILES string of the molecule is Clc1ccc(C2CCN(N3Cc4ccccc4N=C3c3ccccc3)CC2)cc1. The second kappa shape index (κ2) is 8.02. The van der Waals surface area contributed by atoms with Gasteiger partial charge < -0.3 is 0 Å². The molecule has 4 heteroatoms. The van der Waals surface area contributed by atoms with Gasteiger partial charge in [-0.3, -0.25) is 5.01 Å². The van der Waals surface area contributed by atoms with Crippen molar-refractivity contribution in [1.29, 1.82) is 0 Å². The van der Waals surface area contributed by atoms with Gasteiger partial charge in [0.2, 0.25) is 0 Å². The molecule has 1 fully saturated rings. The summed E-state index contributed by atoms with van der Waals surface area (Å²) in [5.74, 6) is 1.65. The van der Waals surface area contributed by atoms with Crippen LogP contribution in [-0.2, 0) is 6.54 Å². The minimum absolute atomic E-state index is 0.595. The molecule has 0 spiro atoms. The van der Waals surface area contributed by atoms with Gasteiger partial charge in [0.1, 0.15) is 0 Å². The summed E-state index contributed by atoms with van der Waals surface area (Å²) in [4.78, 5) is 5.05. The third-order valence-electron chi connectivity index (χ3n) is 5.97. The summed E-state index contributed by atoms with van der Waals surface area (Å²) >= 11 is 6.06. The van der Waals surface area contributed by atoms with Gasteiger partial charge in [-0.25, -0.2) is 10.0 Å². The second-order valence-electron chi connectivity index (χ2n) is 7.77. The number of para-hydroxylation sites is 1. The number of aliphatic imine (C=N–C) groups is 1.